The van der Waals surface area contributed by atoms with Crippen LogP contribution in [0.15, 0.2) is 36.4 Å². The molecule has 0 bridgehead atoms. The zero-order valence-corrected chi connectivity index (χ0v) is 12.3. The van der Waals surface area contributed by atoms with E-state index in [2.05, 4.69) is 5.32 Å². The Morgan fingerprint density at radius 3 is 2.65 bits per heavy atom. The summed E-state index contributed by atoms with van der Waals surface area (Å²) in [4.78, 5) is 12.2. The summed E-state index contributed by atoms with van der Waals surface area (Å²) < 4.78 is 0. The topological polar surface area (TPSA) is 55.1 Å². The minimum Gasteiger partial charge on any atom is -0.398 e. The molecule has 0 heterocycles. The van der Waals surface area contributed by atoms with Crippen molar-refractivity contribution in [1.29, 1.82) is 0 Å². The lowest BCUT2D eigenvalue weighted by molar-refractivity contribution is 0.102. The molecule has 0 aromatic heterocycles. The summed E-state index contributed by atoms with van der Waals surface area (Å²) in [5.74, 6) is -0.186. The smallest absolute Gasteiger partial charge is 0.255 e. The molecule has 2 rings (SSSR count). The van der Waals surface area contributed by atoms with Crippen molar-refractivity contribution < 1.29 is 4.79 Å². The van der Waals surface area contributed by atoms with E-state index >= 15 is 0 Å². The number of amides is 1. The molecule has 0 aliphatic rings. The van der Waals surface area contributed by atoms with E-state index in [4.69, 9.17) is 17.3 Å². The monoisotopic (exact) mass is 288 g/mol. The molecule has 1 amide bonds. The van der Waals surface area contributed by atoms with E-state index in [1.807, 2.05) is 32.0 Å². The molecule has 4 heteroatoms. The Morgan fingerprint density at radius 2 is 2.00 bits per heavy atom. The van der Waals surface area contributed by atoms with Gasteiger partial charge in [-0.05, 0) is 48.7 Å². The van der Waals surface area contributed by atoms with Crippen LogP contribution in [-0.2, 0) is 6.42 Å². The maximum atomic E-state index is 12.2. The summed E-state index contributed by atoms with van der Waals surface area (Å²) in [5, 5.41) is 3.38. The van der Waals surface area contributed by atoms with Crippen LogP contribution in [0.2, 0.25) is 5.02 Å². The number of hydrogen-bond donors (Lipinski definition) is 2. The van der Waals surface area contributed by atoms with Gasteiger partial charge in [-0.3, -0.25) is 4.79 Å². The van der Waals surface area contributed by atoms with Gasteiger partial charge in [-0.2, -0.15) is 0 Å². The van der Waals surface area contributed by atoms with Gasteiger partial charge in [-0.25, -0.2) is 0 Å². The summed E-state index contributed by atoms with van der Waals surface area (Å²) in [6.07, 6.45) is 0.869. The van der Waals surface area contributed by atoms with Crippen LogP contribution >= 0.6 is 11.6 Å². The predicted octanol–water partition coefficient (Wildman–Crippen LogP) is 4.05. The van der Waals surface area contributed by atoms with Crippen LogP contribution in [0.5, 0.6) is 0 Å². The molecule has 20 heavy (non-hydrogen) atoms. The Kier molecular flexibility index (Phi) is 4.30. The quantitative estimate of drug-likeness (QED) is 0.837. The number of carbonyl (C=O) groups is 1. The Morgan fingerprint density at radius 1 is 1.25 bits per heavy atom. The molecule has 0 radical (unpaired) electrons. The molecule has 0 atom stereocenters. The molecule has 0 aliphatic carbocycles. The van der Waals surface area contributed by atoms with Crippen molar-refractivity contribution in [2.45, 2.75) is 20.3 Å². The molecule has 0 saturated carbocycles. The van der Waals surface area contributed by atoms with Crippen LogP contribution < -0.4 is 11.1 Å². The van der Waals surface area contributed by atoms with Gasteiger partial charge in [0.2, 0.25) is 0 Å². The molecule has 0 saturated heterocycles. The number of hydrogen-bond acceptors (Lipinski definition) is 2. The number of halogens is 1. The highest BCUT2D eigenvalue weighted by atomic mass is 35.5. The van der Waals surface area contributed by atoms with Crippen molar-refractivity contribution >= 4 is 28.9 Å². The first-order chi connectivity index (χ1) is 9.51. The van der Waals surface area contributed by atoms with Crippen molar-refractivity contribution in [3.8, 4) is 0 Å². The molecular formula is C16H17ClN2O. The molecule has 3 N–H and O–H groups in total. The molecule has 3 nitrogen and oxygen atoms in total. The van der Waals surface area contributed by atoms with Crippen molar-refractivity contribution in [1.82, 2.24) is 0 Å². The van der Waals surface area contributed by atoms with Crippen LogP contribution in [0.25, 0.3) is 0 Å². The zero-order valence-electron chi connectivity index (χ0n) is 11.5. The third kappa shape index (κ3) is 3.11. The second-order valence-corrected chi connectivity index (χ2v) is 5.12. The van der Waals surface area contributed by atoms with E-state index in [0.29, 0.717) is 22.0 Å². The van der Waals surface area contributed by atoms with Crippen LogP contribution in [-0.4, -0.2) is 5.91 Å². The summed E-state index contributed by atoms with van der Waals surface area (Å²) >= 11 is 5.93. The van der Waals surface area contributed by atoms with Crippen LogP contribution in [0.4, 0.5) is 11.4 Å². The highest BCUT2D eigenvalue weighted by Crippen LogP contribution is 2.21. The van der Waals surface area contributed by atoms with Gasteiger partial charge in [0.05, 0.1) is 0 Å². The highest BCUT2D eigenvalue weighted by molar-refractivity contribution is 6.31. The lowest BCUT2D eigenvalue weighted by atomic mass is 10.1. The van der Waals surface area contributed by atoms with Gasteiger partial charge in [-0.1, -0.05) is 30.7 Å². The SMILES string of the molecule is CCc1ccc(NC(=O)c2cc(Cl)ccc2C)cc1N. The average molecular weight is 289 g/mol. The number of carbonyl (C=O) groups excluding carboxylic acids is 1. The second-order valence-electron chi connectivity index (χ2n) is 4.68. The maximum absolute atomic E-state index is 12.2. The van der Waals surface area contributed by atoms with E-state index in [0.717, 1.165) is 17.5 Å². The normalized spacial score (nSPS) is 10.3. The number of nitrogens with two attached hydrogens (primary N) is 1. The fourth-order valence-electron chi connectivity index (χ4n) is 2.03. The van der Waals surface area contributed by atoms with Gasteiger partial charge in [0.25, 0.3) is 5.91 Å². The van der Waals surface area contributed by atoms with Gasteiger partial charge < -0.3 is 11.1 Å². The lowest BCUT2D eigenvalue weighted by Gasteiger charge is -2.10. The number of nitrogen functional groups attached to an aromatic ring is 1. The highest BCUT2D eigenvalue weighted by Gasteiger charge is 2.10. The molecule has 0 aliphatic heterocycles. The Labute approximate surface area is 123 Å². The van der Waals surface area contributed by atoms with E-state index in [-0.39, 0.29) is 5.91 Å². The average Bonchev–Trinajstić information content (AvgIpc) is 2.41. The number of benzene rings is 2. The van der Waals surface area contributed by atoms with E-state index < -0.39 is 0 Å². The molecule has 2 aromatic carbocycles. The standard InChI is InChI=1S/C16H17ClN2O/c1-3-11-5-7-13(9-15(11)18)19-16(20)14-8-12(17)6-4-10(14)2/h4-9H,3,18H2,1-2H3,(H,19,20). The van der Waals surface area contributed by atoms with Gasteiger partial charge in [0.1, 0.15) is 0 Å². The number of rotatable bonds is 3. The summed E-state index contributed by atoms with van der Waals surface area (Å²) in [6, 6.07) is 10.8. The largest absolute Gasteiger partial charge is 0.398 e. The molecule has 0 fully saturated rings. The van der Waals surface area contributed by atoms with Crippen LogP contribution in [0.3, 0.4) is 0 Å². The van der Waals surface area contributed by atoms with Crippen molar-refractivity contribution in [2.24, 2.45) is 0 Å². The fourth-order valence-corrected chi connectivity index (χ4v) is 2.20. The first-order valence-corrected chi connectivity index (χ1v) is 6.85. The molecule has 0 unspecified atom stereocenters. The molecule has 104 valence electrons. The Balaban J connectivity index is 2.23. The number of anilines is 2. The van der Waals surface area contributed by atoms with Gasteiger partial charge in [-0.15, -0.1) is 0 Å². The third-order valence-corrected chi connectivity index (χ3v) is 3.46. The zero-order chi connectivity index (χ0) is 14.7. The summed E-state index contributed by atoms with van der Waals surface area (Å²) in [5.41, 5.74) is 9.82. The number of nitrogens with one attached hydrogen (secondary N) is 1. The van der Waals surface area contributed by atoms with Crippen LogP contribution in [0.1, 0.15) is 28.4 Å². The molecule has 0 spiro atoms. The van der Waals surface area contributed by atoms with Crippen LogP contribution in [0, 0.1) is 6.92 Å². The fraction of sp³-hybridized carbons (Fsp3) is 0.188. The number of aryl methyl sites for hydroxylation is 2. The minimum atomic E-state index is -0.186. The first kappa shape index (κ1) is 14.4. The Bertz CT molecular complexity index is 653. The van der Waals surface area contributed by atoms with E-state index in [9.17, 15) is 4.79 Å². The predicted molar refractivity (Wildman–Crippen MR) is 84.4 cm³/mol. The first-order valence-electron chi connectivity index (χ1n) is 6.47. The molecule has 2 aromatic rings. The molecular weight excluding hydrogens is 272 g/mol. The summed E-state index contributed by atoms with van der Waals surface area (Å²) in [7, 11) is 0. The van der Waals surface area contributed by atoms with Crippen molar-refractivity contribution in [3.63, 3.8) is 0 Å². The van der Waals surface area contributed by atoms with Crippen molar-refractivity contribution in [2.75, 3.05) is 11.1 Å². The minimum absolute atomic E-state index is 0.186. The Hall–Kier alpha value is -2.00. The lowest BCUT2D eigenvalue weighted by Crippen LogP contribution is -2.13. The second kappa shape index (κ2) is 5.97. The van der Waals surface area contributed by atoms with Gasteiger partial charge in [0.15, 0.2) is 0 Å². The van der Waals surface area contributed by atoms with Crippen molar-refractivity contribution in [3.05, 3.63) is 58.1 Å². The third-order valence-electron chi connectivity index (χ3n) is 3.23. The summed E-state index contributed by atoms with van der Waals surface area (Å²) in [6.45, 7) is 3.92. The van der Waals surface area contributed by atoms with E-state index in [1.165, 1.54) is 0 Å². The van der Waals surface area contributed by atoms with E-state index in [1.54, 1.807) is 18.2 Å². The van der Waals surface area contributed by atoms with Gasteiger partial charge in [0, 0.05) is 22.0 Å². The van der Waals surface area contributed by atoms with Gasteiger partial charge >= 0.3 is 0 Å². The maximum Gasteiger partial charge on any atom is 0.255 e.